The Bertz CT molecular complexity index is 744. The maximum Gasteiger partial charge on any atom is 0.130 e. The molecule has 0 saturated carbocycles. The standard InChI is InChI=1S/C16H18FN5/c1-21-8-7-18-16(21)15(13-3-5-14(17)6-4-13)19-9-12-10-20-22(2)11-12/h3-8,10-11,15,19H,9H2,1-2H3/t15-/m1/s1. The molecule has 0 aliphatic heterocycles. The summed E-state index contributed by atoms with van der Waals surface area (Å²) < 4.78 is 16.9. The third-order valence-electron chi connectivity index (χ3n) is 3.59. The molecule has 2 heterocycles. The number of nitrogens with one attached hydrogen (secondary N) is 1. The Morgan fingerprint density at radius 2 is 2.00 bits per heavy atom. The van der Waals surface area contributed by atoms with E-state index < -0.39 is 0 Å². The van der Waals surface area contributed by atoms with Crippen LogP contribution in [-0.2, 0) is 20.6 Å². The van der Waals surface area contributed by atoms with Crippen LogP contribution >= 0.6 is 0 Å². The lowest BCUT2D eigenvalue weighted by Crippen LogP contribution is -2.24. The fourth-order valence-corrected chi connectivity index (χ4v) is 2.45. The van der Waals surface area contributed by atoms with Gasteiger partial charge in [-0.15, -0.1) is 0 Å². The molecule has 0 saturated heterocycles. The van der Waals surface area contributed by atoms with Crippen LogP contribution in [0.1, 0.15) is 23.0 Å². The van der Waals surface area contributed by atoms with Gasteiger partial charge in [0.05, 0.1) is 12.2 Å². The highest BCUT2D eigenvalue weighted by Gasteiger charge is 2.18. The lowest BCUT2D eigenvalue weighted by molar-refractivity contribution is 0.555. The number of imidazole rings is 1. The van der Waals surface area contributed by atoms with Crippen molar-refractivity contribution >= 4 is 0 Å². The largest absolute Gasteiger partial charge is 0.336 e. The monoisotopic (exact) mass is 299 g/mol. The van der Waals surface area contributed by atoms with Crippen LogP contribution in [0.2, 0.25) is 0 Å². The molecular formula is C16H18FN5. The van der Waals surface area contributed by atoms with Crippen molar-refractivity contribution in [1.82, 2.24) is 24.6 Å². The predicted molar refractivity (Wildman–Crippen MR) is 81.5 cm³/mol. The molecule has 3 rings (SSSR count). The van der Waals surface area contributed by atoms with E-state index >= 15 is 0 Å². The second kappa shape index (κ2) is 6.11. The van der Waals surface area contributed by atoms with Gasteiger partial charge in [0.1, 0.15) is 11.6 Å². The Hall–Kier alpha value is -2.47. The molecule has 0 bridgehead atoms. The first-order valence-electron chi connectivity index (χ1n) is 7.07. The maximum absolute atomic E-state index is 13.2. The van der Waals surface area contributed by atoms with Gasteiger partial charge < -0.3 is 4.57 Å². The molecule has 0 spiro atoms. The lowest BCUT2D eigenvalue weighted by atomic mass is 10.1. The first-order valence-corrected chi connectivity index (χ1v) is 7.07. The van der Waals surface area contributed by atoms with Crippen LogP contribution in [0, 0.1) is 5.82 Å². The van der Waals surface area contributed by atoms with E-state index in [-0.39, 0.29) is 11.9 Å². The van der Waals surface area contributed by atoms with Gasteiger partial charge in [0.25, 0.3) is 0 Å². The first-order chi connectivity index (χ1) is 10.6. The SMILES string of the molecule is Cn1cc(CN[C@H](c2ccc(F)cc2)c2nccn2C)cn1. The molecule has 2 aromatic heterocycles. The molecule has 1 N–H and O–H groups in total. The number of nitrogens with zero attached hydrogens (tertiary/aromatic N) is 4. The second-order valence-corrected chi connectivity index (χ2v) is 5.28. The Morgan fingerprint density at radius 1 is 1.23 bits per heavy atom. The van der Waals surface area contributed by atoms with Gasteiger partial charge in [-0.05, 0) is 17.7 Å². The summed E-state index contributed by atoms with van der Waals surface area (Å²) in [5.41, 5.74) is 2.06. The van der Waals surface area contributed by atoms with E-state index in [1.54, 1.807) is 23.0 Å². The van der Waals surface area contributed by atoms with Crippen molar-refractivity contribution in [2.75, 3.05) is 0 Å². The van der Waals surface area contributed by atoms with Crippen molar-refractivity contribution in [3.8, 4) is 0 Å². The molecule has 22 heavy (non-hydrogen) atoms. The summed E-state index contributed by atoms with van der Waals surface area (Å²) in [7, 11) is 3.84. The van der Waals surface area contributed by atoms with Crippen LogP contribution in [0.3, 0.4) is 0 Å². The molecule has 1 aromatic carbocycles. The van der Waals surface area contributed by atoms with E-state index in [1.807, 2.05) is 37.3 Å². The van der Waals surface area contributed by atoms with Crippen molar-refractivity contribution in [3.05, 3.63) is 71.8 Å². The van der Waals surface area contributed by atoms with Gasteiger partial charge in [0.2, 0.25) is 0 Å². The minimum Gasteiger partial charge on any atom is -0.336 e. The van der Waals surface area contributed by atoms with E-state index in [9.17, 15) is 4.39 Å². The summed E-state index contributed by atoms with van der Waals surface area (Å²) in [5.74, 6) is 0.644. The van der Waals surface area contributed by atoms with Crippen LogP contribution in [0.4, 0.5) is 4.39 Å². The molecule has 0 amide bonds. The summed E-state index contributed by atoms with van der Waals surface area (Å²) in [6, 6.07) is 6.39. The van der Waals surface area contributed by atoms with Gasteiger partial charge in [-0.3, -0.25) is 10.00 Å². The Kier molecular flexibility index (Phi) is 4.02. The van der Waals surface area contributed by atoms with Crippen molar-refractivity contribution in [2.45, 2.75) is 12.6 Å². The minimum atomic E-state index is -0.241. The average Bonchev–Trinajstić information content (AvgIpc) is 3.10. The number of benzene rings is 1. The molecule has 6 heteroatoms. The fraction of sp³-hybridized carbons (Fsp3) is 0.250. The van der Waals surface area contributed by atoms with Crippen molar-refractivity contribution < 1.29 is 4.39 Å². The van der Waals surface area contributed by atoms with Crippen molar-refractivity contribution in [1.29, 1.82) is 0 Å². The quantitative estimate of drug-likeness (QED) is 0.785. The molecule has 3 aromatic rings. The zero-order valence-electron chi connectivity index (χ0n) is 12.6. The molecule has 0 unspecified atom stereocenters. The Morgan fingerprint density at radius 3 is 2.59 bits per heavy atom. The van der Waals surface area contributed by atoms with Crippen molar-refractivity contribution in [3.63, 3.8) is 0 Å². The highest BCUT2D eigenvalue weighted by Crippen LogP contribution is 2.21. The molecular weight excluding hydrogens is 281 g/mol. The maximum atomic E-state index is 13.2. The van der Waals surface area contributed by atoms with Gasteiger partial charge >= 0.3 is 0 Å². The van der Waals surface area contributed by atoms with Crippen LogP contribution in [0.25, 0.3) is 0 Å². The summed E-state index contributed by atoms with van der Waals surface area (Å²) in [6.45, 7) is 0.655. The first kappa shape index (κ1) is 14.5. The molecule has 0 fully saturated rings. The lowest BCUT2D eigenvalue weighted by Gasteiger charge is -2.19. The summed E-state index contributed by atoms with van der Waals surface area (Å²) in [5, 5.41) is 7.63. The number of aryl methyl sites for hydroxylation is 2. The van der Waals surface area contributed by atoms with Gasteiger partial charge in [0, 0.05) is 44.8 Å². The zero-order valence-corrected chi connectivity index (χ0v) is 12.6. The van der Waals surface area contributed by atoms with E-state index in [0.717, 1.165) is 17.0 Å². The highest BCUT2D eigenvalue weighted by molar-refractivity contribution is 5.26. The van der Waals surface area contributed by atoms with Crippen LogP contribution in [-0.4, -0.2) is 19.3 Å². The predicted octanol–water partition coefficient (Wildman–Crippen LogP) is 2.17. The van der Waals surface area contributed by atoms with Gasteiger partial charge in [0.15, 0.2) is 0 Å². The summed E-state index contributed by atoms with van der Waals surface area (Å²) in [4.78, 5) is 4.42. The van der Waals surface area contributed by atoms with E-state index in [4.69, 9.17) is 0 Å². The van der Waals surface area contributed by atoms with Crippen LogP contribution in [0.5, 0.6) is 0 Å². The summed E-state index contributed by atoms with van der Waals surface area (Å²) >= 11 is 0. The van der Waals surface area contributed by atoms with Crippen LogP contribution < -0.4 is 5.32 Å². The van der Waals surface area contributed by atoms with E-state index in [1.165, 1.54) is 12.1 Å². The molecule has 0 aliphatic rings. The molecule has 114 valence electrons. The zero-order chi connectivity index (χ0) is 15.5. The van der Waals surface area contributed by atoms with Gasteiger partial charge in [-0.1, -0.05) is 12.1 Å². The number of hydrogen-bond donors (Lipinski definition) is 1. The Labute approximate surface area is 128 Å². The number of halogens is 1. The third kappa shape index (κ3) is 3.07. The number of rotatable bonds is 5. The highest BCUT2D eigenvalue weighted by atomic mass is 19.1. The fourth-order valence-electron chi connectivity index (χ4n) is 2.45. The third-order valence-corrected chi connectivity index (χ3v) is 3.59. The normalized spacial score (nSPS) is 12.5. The van der Waals surface area contributed by atoms with E-state index in [0.29, 0.717) is 6.54 Å². The number of hydrogen-bond acceptors (Lipinski definition) is 3. The van der Waals surface area contributed by atoms with Gasteiger partial charge in [-0.25, -0.2) is 9.37 Å². The molecule has 5 nitrogen and oxygen atoms in total. The van der Waals surface area contributed by atoms with Crippen molar-refractivity contribution in [2.24, 2.45) is 14.1 Å². The average molecular weight is 299 g/mol. The second-order valence-electron chi connectivity index (χ2n) is 5.28. The topological polar surface area (TPSA) is 47.7 Å². The van der Waals surface area contributed by atoms with Crippen LogP contribution in [0.15, 0.2) is 49.1 Å². The minimum absolute atomic E-state index is 0.110. The summed E-state index contributed by atoms with van der Waals surface area (Å²) in [6.07, 6.45) is 7.45. The van der Waals surface area contributed by atoms with E-state index in [2.05, 4.69) is 15.4 Å². The van der Waals surface area contributed by atoms with Gasteiger partial charge in [-0.2, -0.15) is 5.10 Å². The molecule has 0 radical (unpaired) electrons. The number of aromatic nitrogens is 4. The molecule has 0 aliphatic carbocycles. The Balaban J connectivity index is 1.86. The smallest absolute Gasteiger partial charge is 0.130 e. The molecule has 1 atom stereocenters.